The van der Waals surface area contributed by atoms with Crippen LogP contribution in [0.15, 0.2) is 96.1 Å². The molecule has 3 aromatic carbocycles. The summed E-state index contributed by atoms with van der Waals surface area (Å²) in [5.41, 5.74) is 6.76. The summed E-state index contributed by atoms with van der Waals surface area (Å²) in [7, 11) is 0. The minimum atomic E-state index is -0.480. The van der Waals surface area contributed by atoms with Gasteiger partial charge in [0.05, 0.1) is 11.1 Å². The summed E-state index contributed by atoms with van der Waals surface area (Å²) in [6.45, 7) is 0. The van der Waals surface area contributed by atoms with Gasteiger partial charge in [0.15, 0.2) is 0 Å². The van der Waals surface area contributed by atoms with Gasteiger partial charge >= 0.3 is 0 Å². The van der Waals surface area contributed by atoms with Crippen LogP contribution in [-0.4, -0.2) is 22.0 Å². The van der Waals surface area contributed by atoms with Gasteiger partial charge in [-0.15, -0.1) is 0 Å². The monoisotopic (exact) mass is 410 g/mol. The topological polar surface area (TPSA) is 100 Å². The number of carbonyl (C=O) groups is 1. The Morgan fingerprint density at radius 2 is 1.58 bits per heavy atom. The molecule has 152 valence electrons. The Morgan fingerprint density at radius 3 is 2.26 bits per heavy atom. The zero-order chi connectivity index (χ0) is 21.6. The number of amides is 1. The van der Waals surface area contributed by atoms with Crippen molar-refractivity contribution in [3.05, 3.63) is 112 Å². The highest BCUT2D eigenvalue weighted by Crippen LogP contribution is 2.29. The van der Waals surface area contributed by atoms with Crippen molar-refractivity contribution in [1.29, 1.82) is 0 Å². The summed E-state index contributed by atoms with van der Waals surface area (Å²) in [5.74, 6) is -0.414. The number of nitrogens with zero attached hydrogens (tertiary/aromatic N) is 2. The van der Waals surface area contributed by atoms with Crippen LogP contribution in [0.3, 0.4) is 0 Å². The van der Waals surface area contributed by atoms with E-state index in [0.717, 1.165) is 22.4 Å². The van der Waals surface area contributed by atoms with E-state index >= 15 is 0 Å². The number of aromatic nitrogens is 1. The molecule has 0 fully saturated rings. The first-order valence-corrected chi connectivity index (χ1v) is 9.53. The van der Waals surface area contributed by atoms with Crippen molar-refractivity contribution in [2.24, 2.45) is 5.10 Å². The van der Waals surface area contributed by atoms with Gasteiger partial charge in [0.1, 0.15) is 5.69 Å². The molecule has 0 saturated heterocycles. The third kappa shape index (κ3) is 4.56. The first kappa shape index (κ1) is 19.8. The van der Waals surface area contributed by atoms with E-state index < -0.39 is 10.8 Å². The number of nitro benzene ring substituents is 1. The Bertz CT molecular complexity index is 1250. The molecule has 0 saturated carbocycles. The van der Waals surface area contributed by atoms with Gasteiger partial charge in [-0.3, -0.25) is 14.9 Å². The summed E-state index contributed by atoms with van der Waals surface area (Å²) in [5, 5.41) is 14.9. The minimum Gasteiger partial charge on any atom is -0.350 e. The molecule has 31 heavy (non-hydrogen) atoms. The van der Waals surface area contributed by atoms with Gasteiger partial charge in [0, 0.05) is 29.0 Å². The molecule has 0 spiro atoms. The van der Waals surface area contributed by atoms with Crippen molar-refractivity contribution in [2.45, 2.75) is 0 Å². The molecule has 7 nitrogen and oxygen atoms in total. The molecule has 0 aliphatic rings. The van der Waals surface area contributed by atoms with Crippen LogP contribution < -0.4 is 5.43 Å². The maximum absolute atomic E-state index is 12.9. The standard InChI is InChI=1S/C24H18N4O3/c29-24(27-25-16-17-8-7-13-20(14-17)28(30)31)23-21(18-9-3-1-4-10-18)15-22(26-23)19-11-5-2-6-12-19/h1-16,26H,(H,27,29)/b25-16-. The van der Waals surface area contributed by atoms with Crippen LogP contribution in [0.4, 0.5) is 5.69 Å². The van der Waals surface area contributed by atoms with Crippen LogP contribution >= 0.6 is 0 Å². The van der Waals surface area contributed by atoms with E-state index in [1.807, 2.05) is 66.7 Å². The molecule has 1 heterocycles. The van der Waals surface area contributed by atoms with E-state index in [2.05, 4.69) is 15.5 Å². The Hall–Kier alpha value is -4.52. The molecule has 7 heteroatoms. The van der Waals surface area contributed by atoms with Crippen molar-refractivity contribution in [3.63, 3.8) is 0 Å². The lowest BCUT2D eigenvalue weighted by Crippen LogP contribution is -2.18. The third-order valence-corrected chi connectivity index (χ3v) is 4.68. The number of nitro groups is 1. The quantitative estimate of drug-likeness (QED) is 0.265. The summed E-state index contributed by atoms with van der Waals surface area (Å²) >= 11 is 0. The number of carbonyl (C=O) groups excluding carboxylic acids is 1. The number of hydrogen-bond donors (Lipinski definition) is 2. The Balaban J connectivity index is 1.62. The number of aromatic amines is 1. The SMILES string of the molecule is O=C(N/N=C\c1cccc([N+](=O)[O-])c1)c1[nH]c(-c2ccccc2)cc1-c1ccccc1. The fourth-order valence-electron chi connectivity index (χ4n) is 3.19. The summed E-state index contributed by atoms with van der Waals surface area (Å²) in [4.78, 5) is 26.5. The van der Waals surface area contributed by atoms with Gasteiger partial charge in [-0.25, -0.2) is 5.43 Å². The van der Waals surface area contributed by atoms with E-state index in [4.69, 9.17) is 0 Å². The van der Waals surface area contributed by atoms with Crippen LogP contribution in [0.25, 0.3) is 22.4 Å². The number of nitrogens with one attached hydrogen (secondary N) is 2. The second-order valence-corrected chi connectivity index (χ2v) is 6.75. The maximum atomic E-state index is 12.9. The number of hydrogen-bond acceptors (Lipinski definition) is 4. The normalized spacial score (nSPS) is 10.8. The lowest BCUT2D eigenvalue weighted by Gasteiger charge is -2.03. The highest BCUT2D eigenvalue weighted by molar-refractivity contribution is 6.01. The number of hydrazone groups is 1. The van der Waals surface area contributed by atoms with Gasteiger partial charge < -0.3 is 4.98 Å². The first-order valence-electron chi connectivity index (χ1n) is 9.53. The molecular weight excluding hydrogens is 392 g/mol. The van der Waals surface area contributed by atoms with E-state index in [0.29, 0.717) is 11.3 Å². The molecule has 4 aromatic rings. The molecule has 0 aliphatic heterocycles. The van der Waals surface area contributed by atoms with Crippen LogP contribution in [-0.2, 0) is 0 Å². The Kier molecular flexibility index (Phi) is 5.66. The second-order valence-electron chi connectivity index (χ2n) is 6.75. The molecule has 0 radical (unpaired) electrons. The zero-order valence-corrected chi connectivity index (χ0v) is 16.4. The number of H-pyrrole nitrogens is 1. The molecule has 1 aromatic heterocycles. The molecule has 0 aliphatic carbocycles. The molecule has 1 amide bonds. The van der Waals surface area contributed by atoms with Crippen LogP contribution in [0, 0.1) is 10.1 Å². The van der Waals surface area contributed by atoms with Crippen LogP contribution in [0.5, 0.6) is 0 Å². The van der Waals surface area contributed by atoms with E-state index in [1.54, 1.807) is 12.1 Å². The maximum Gasteiger partial charge on any atom is 0.288 e. The number of rotatable bonds is 6. The van der Waals surface area contributed by atoms with Gasteiger partial charge in [0.2, 0.25) is 0 Å². The number of non-ortho nitro benzene ring substituents is 1. The molecular formula is C24H18N4O3. The average Bonchev–Trinajstić information content (AvgIpc) is 3.26. The Labute approximate surface area is 178 Å². The van der Waals surface area contributed by atoms with Crippen molar-refractivity contribution < 1.29 is 9.72 Å². The van der Waals surface area contributed by atoms with Crippen LogP contribution in [0.2, 0.25) is 0 Å². The fraction of sp³-hybridized carbons (Fsp3) is 0. The fourth-order valence-corrected chi connectivity index (χ4v) is 3.19. The first-order chi connectivity index (χ1) is 15.1. The summed E-state index contributed by atoms with van der Waals surface area (Å²) in [6, 6.07) is 27.3. The molecule has 0 atom stereocenters. The minimum absolute atomic E-state index is 0.0430. The van der Waals surface area contributed by atoms with Crippen molar-refractivity contribution in [1.82, 2.24) is 10.4 Å². The predicted molar refractivity (Wildman–Crippen MR) is 120 cm³/mol. The smallest absolute Gasteiger partial charge is 0.288 e. The predicted octanol–water partition coefficient (Wildman–Crippen LogP) is 5.02. The highest BCUT2D eigenvalue weighted by atomic mass is 16.6. The highest BCUT2D eigenvalue weighted by Gasteiger charge is 2.17. The molecule has 4 rings (SSSR count). The van der Waals surface area contributed by atoms with Crippen LogP contribution in [0.1, 0.15) is 16.1 Å². The van der Waals surface area contributed by atoms with Crippen molar-refractivity contribution >= 4 is 17.8 Å². The Morgan fingerprint density at radius 1 is 0.903 bits per heavy atom. The van der Waals surface area contributed by atoms with Gasteiger partial charge in [-0.1, -0.05) is 72.8 Å². The lowest BCUT2D eigenvalue weighted by molar-refractivity contribution is -0.384. The van der Waals surface area contributed by atoms with Gasteiger partial charge in [0.25, 0.3) is 11.6 Å². The molecule has 2 N–H and O–H groups in total. The van der Waals surface area contributed by atoms with Gasteiger partial charge in [-0.05, 0) is 17.2 Å². The third-order valence-electron chi connectivity index (χ3n) is 4.68. The van der Waals surface area contributed by atoms with E-state index in [9.17, 15) is 14.9 Å². The van der Waals surface area contributed by atoms with Crippen molar-refractivity contribution in [3.8, 4) is 22.4 Å². The molecule has 0 bridgehead atoms. The largest absolute Gasteiger partial charge is 0.350 e. The van der Waals surface area contributed by atoms with Crippen molar-refractivity contribution in [2.75, 3.05) is 0 Å². The summed E-state index contributed by atoms with van der Waals surface area (Å²) < 4.78 is 0. The average molecular weight is 410 g/mol. The van der Waals surface area contributed by atoms with E-state index in [1.165, 1.54) is 18.3 Å². The second kappa shape index (κ2) is 8.87. The zero-order valence-electron chi connectivity index (χ0n) is 16.4. The molecule has 0 unspecified atom stereocenters. The van der Waals surface area contributed by atoms with Gasteiger partial charge in [-0.2, -0.15) is 5.10 Å². The lowest BCUT2D eigenvalue weighted by atomic mass is 10.0. The number of benzene rings is 3. The summed E-state index contributed by atoms with van der Waals surface area (Å²) in [6.07, 6.45) is 1.37. The van der Waals surface area contributed by atoms with E-state index in [-0.39, 0.29) is 5.69 Å².